The van der Waals surface area contributed by atoms with Crippen molar-refractivity contribution < 1.29 is 22.7 Å². The van der Waals surface area contributed by atoms with Gasteiger partial charge in [-0.15, -0.1) is 0 Å². The van der Waals surface area contributed by atoms with Crippen LogP contribution in [0.1, 0.15) is 30.1 Å². The molecule has 7 heteroatoms. The van der Waals surface area contributed by atoms with E-state index in [9.17, 15) is 18.0 Å². The van der Waals surface area contributed by atoms with E-state index in [4.69, 9.17) is 4.74 Å². The molecule has 0 radical (unpaired) electrons. The lowest BCUT2D eigenvalue weighted by atomic mass is 10.1. The van der Waals surface area contributed by atoms with Crippen molar-refractivity contribution in [3.05, 3.63) is 54.1 Å². The van der Waals surface area contributed by atoms with E-state index in [1.54, 1.807) is 36.4 Å². The molecule has 0 saturated carbocycles. The maximum absolute atomic E-state index is 12.3. The topological polar surface area (TPSA) is 89.5 Å². The standard InChI is InChI=1S/C19H21NO5S/c1-14(21)15-5-7-16(8-6-15)20-19(22)4-3-13-26(23,24)18-11-9-17(25-2)10-12-18/h5-12H,3-4,13H2,1-2H3,(H,20,22). The molecule has 0 aliphatic heterocycles. The molecule has 1 amide bonds. The number of Topliss-reactive ketones (excluding diaryl/α,β-unsaturated/α-hetero) is 1. The molecule has 0 aliphatic carbocycles. The number of ether oxygens (including phenoxy) is 1. The third-order valence-electron chi connectivity index (χ3n) is 3.81. The monoisotopic (exact) mass is 375 g/mol. The lowest BCUT2D eigenvalue weighted by molar-refractivity contribution is -0.116. The minimum absolute atomic E-state index is 0.0494. The van der Waals surface area contributed by atoms with E-state index >= 15 is 0 Å². The van der Waals surface area contributed by atoms with E-state index in [0.29, 0.717) is 17.0 Å². The largest absolute Gasteiger partial charge is 0.497 e. The van der Waals surface area contributed by atoms with Crippen molar-refractivity contribution in [2.24, 2.45) is 0 Å². The minimum Gasteiger partial charge on any atom is -0.497 e. The summed E-state index contributed by atoms with van der Waals surface area (Å²) in [5.41, 5.74) is 1.13. The second-order valence-electron chi connectivity index (χ2n) is 5.78. The summed E-state index contributed by atoms with van der Waals surface area (Å²) in [4.78, 5) is 23.4. The fraction of sp³-hybridized carbons (Fsp3) is 0.263. The first-order chi connectivity index (χ1) is 12.3. The van der Waals surface area contributed by atoms with Crippen molar-refractivity contribution in [1.82, 2.24) is 0 Å². The van der Waals surface area contributed by atoms with Crippen LogP contribution in [0.3, 0.4) is 0 Å². The van der Waals surface area contributed by atoms with E-state index in [1.165, 1.54) is 26.2 Å². The van der Waals surface area contributed by atoms with E-state index in [-0.39, 0.29) is 35.2 Å². The second-order valence-corrected chi connectivity index (χ2v) is 7.89. The third-order valence-corrected chi connectivity index (χ3v) is 5.63. The molecule has 0 fully saturated rings. The van der Waals surface area contributed by atoms with Gasteiger partial charge < -0.3 is 10.1 Å². The Balaban J connectivity index is 1.85. The molecule has 2 aromatic rings. The molecule has 0 bridgehead atoms. The van der Waals surface area contributed by atoms with Crippen molar-refractivity contribution in [2.75, 3.05) is 18.2 Å². The van der Waals surface area contributed by atoms with Crippen LogP contribution in [0.25, 0.3) is 0 Å². The van der Waals surface area contributed by atoms with Gasteiger partial charge >= 0.3 is 0 Å². The lowest BCUT2D eigenvalue weighted by Crippen LogP contribution is -2.14. The zero-order valence-corrected chi connectivity index (χ0v) is 15.5. The Bertz CT molecular complexity index is 871. The van der Waals surface area contributed by atoms with E-state index in [1.807, 2.05) is 0 Å². The van der Waals surface area contributed by atoms with Crippen LogP contribution in [0.4, 0.5) is 5.69 Å². The van der Waals surface area contributed by atoms with Gasteiger partial charge in [0.25, 0.3) is 0 Å². The van der Waals surface area contributed by atoms with Crippen LogP contribution in [-0.2, 0) is 14.6 Å². The summed E-state index contributed by atoms with van der Waals surface area (Å²) in [6.07, 6.45) is 0.301. The number of amides is 1. The molecule has 0 atom stereocenters. The zero-order valence-electron chi connectivity index (χ0n) is 14.7. The minimum atomic E-state index is -3.44. The molecule has 2 rings (SSSR count). The highest BCUT2D eigenvalue weighted by Gasteiger charge is 2.15. The summed E-state index contributed by atoms with van der Waals surface area (Å²) in [5.74, 6) is 0.145. The number of ketones is 1. The van der Waals surface area contributed by atoms with Gasteiger partial charge in [0, 0.05) is 17.7 Å². The average Bonchev–Trinajstić information content (AvgIpc) is 2.62. The number of rotatable bonds is 8. The summed E-state index contributed by atoms with van der Waals surface area (Å²) >= 11 is 0. The molecule has 138 valence electrons. The number of benzene rings is 2. The first-order valence-electron chi connectivity index (χ1n) is 8.09. The Morgan fingerprint density at radius 1 is 1.00 bits per heavy atom. The molecule has 0 unspecified atom stereocenters. The number of sulfone groups is 1. The van der Waals surface area contributed by atoms with Crippen LogP contribution in [0, 0.1) is 0 Å². The van der Waals surface area contributed by atoms with Gasteiger partial charge in [0.2, 0.25) is 5.91 Å². The van der Waals surface area contributed by atoms with Gasteiger partial charge in [-0.05, 0) is 61.9 Å². The third kappa shape index (κ3) is 5.42. The van der Waals surface area contributed by atoms with Crippen molar-refractivity contribution in [1.29, 1.82) is 0 Å². The molecule has 0 heterocycles. The van der Waals surface area contributed by atoms with Gasteiger partial charge in [0.05, 0.1) is 17.8 Å². The predicted molar refractivity (Wildman–Crippen MR) is 99.4 cm³/mol. The molecular formula is C19H21NO5S. The zero-order chi connectivity index (χ0) is 19.2. The van der Waals surface area contributed by atoms with Gasteiger partial charge in [-0.25, -0.2) is 8.42 Å². The number of hydrogen-bond acceptors (Lipinski definition) is 5. The summed E-state index contributed by atoms with van der Waals surface area (Å²) in [5, 5.41) is 2.69. The van der Waals surface area contributed by atoms with Crippen LogP contribution >= 0.6 is 0 Å². The summed E-state index contributed by atoms with van der Waals surface area (Å²) in [7, 11) is -1.93. The highest BCUT2D eigenvalue weighted by Crippen LogP contribution is 2.18. The summed E-state index contributed by atoms with van der Waals surface area (Å²) < 4.78 is 29.5. The molecule has 1 N–H and O–H groups in total. The highest BCUT2D eigenvalue weighted by atomic mass is 32.2. The first kappa shape index (κ1) is 19.7. The first-order valence-corrected chi connectivity index (χ1v) is 9.75. The number of hydrogen-bond donors (Lipinski definition) is 1. The second kappa shape index (κ2) is 8.62. The lowest BCUT2D eigenvalue weighted by Gasteiger charge is -2.07. The number of anilines is 1. The van der Waals surface area contributed by atoms with Crippen LogP contribution in [0.5, 0.6) is 5.75 Å². The maximum Gasteiger partial charge on any atom is 0.224 e. The Morgan fingerprint density at radius 2 is 1.62 bits per heavy atom. The van der Waals surface area contributed by atoms with Gasteiger partial charge in [-0.3, -0.25) is 9.59 Å². The number of carbonyl (C=O) groups excluding carboxylic acids is 2. The summed E-state index contributed by atoms with van der Waals surface area (Å²) in [6.45, 7) is 1.47. The molecule has 0 saturated heterocycles. The Hall–Kier alpha value is -2.67. The van der Waals surface area contributed by atoms with Crippen LogP contribution < -0.4 is 10.1 Å². The number of methoxy groups -OCH3 is 1. The fourth-order valence-corrected chi connectivity index (χ4v) is 3.65. The van der Waals surface area contributed by atoms with E-state index in [0.717, 1.165) is 0 Å². The molecule has 2 aromatic carbocycles. The van der Waals surface area contributed by atoms with E-state index in [2.05, 4.69) is 5.32 Å². The van der Waals surface area contributed by atoms with Crippen LogP contribution in [0.2, 0.25) is 0 Å². The van der Waals surface area contributed by atoms with Gasteiger partial charge in [-0.2, -0.15) is 0 Å². The van der Waals surface area contributed by atoms with Crippen molar-refractivity contribution in [3.63, 3.8) is 0 Å². The molecule has 0 spiro atoms. The van der Waals surface area contributed by atoms with Crippen LogP contribution in [0.15, 0.2) is 53.4 Å². The van der Waals surface area contributed by atoms with Gasteiger partial charge in [0.15, 0.2) is 15.6 Å². The van der Waals surface area contributed by atoms with E-state index < -0.39 is 9.84 Å². The van der Waals surface area contributed by atoms with Gasteiger partial charge in [0.1, 0.15) is 5.75 Å². The number of carbonyl (C=O) groups is 2. The molecule has 0 aromatic heterocycles. The Morgan fingerprint density at radius 3 is 2.15 bits per heavy atom. The fourth-order valence-electron chi connectivity index (χ4n) is 2.34. The predicted octanol–water partition coefficient (Wildman–Crippen LogP) is 3.09. The van der Waals surface area contributed by atoms with Crippen LogP contribution in [-0.4, -0.2) is 33.0 Å². The average molecular weight is 375 g/mol. The highest BCUT2D eigenvalue weighted by molar-refractivity contribution is 7.91. The molecule has 26 heavy (non-hydrogen) atoms. The molecule has 0 aliphatic rings. The van der Waals surface area contributed by atoms with Gasteiger partial charge in [-0.1, -0.05) is 0 Å². The Kier molecular flexibility index (Phi) is 6.52. The quantitative estimate of drug-likeness (QED) is 0.716. The molecule has 6 nitrogen and oxygen atoms in total. The van der Waals surface area contributed by atoms with Crippen molar-refractivity contribution >= 4 is 27.2 Å². The van der Waals surface area contributed by atoms with Crippen molar-refractivity contribution in [2.45, 2.75) is 24.7 Å². The van der Waals surface area contributed by atoms with Crippen molar-refractivity contribution in [3.8, 4) is 5.75 Å². The maximum atomic E-state index is 12.3. The smallest absolute Gasteiger partial charge is 0.224 e. The summed E-state index contributed by atoms with van der Waals surface area (Å²) in [6, 6.07) is 12.7. The molecular weight excluding hydrogens is 354 g/mol. The normalized spacial score (nSPS) is 11.0. The number of nitrogens with one attached hydrogen (secondary N) is 1. The SMILES string of the molecule is COc1ccc(S(=O)(=O)CCCC(=O)Nc2ccc(C(C)=O)cc2)cc1. The Labute approximate surface area is 153 Å².